The molecule has 1 aliphatic rings. The van der Waals surface area contributed by atoms with Crippen LogP contribution in [0.4, 0.5) is 5.82 Å². The number of hydrogen-bond acceptors (Lipinski definition) is 7. The van der Waals surface area contributed by atoms with Crippen LogP contribution in [0.2, 0.25) is 0 Å². The highest BCUT2D eigenvalue weighted by atomic mass is 32.2. The summed E-state index contributed by atoms with van der Waals surface area (Å²) in [5.74, 6) is 1.61. The number of H-pyrrole nitrogens is 1. The number of nitrogens with zero attached hydrogens (tertiary/aromatic N) is 4. The summed E-state index contributed by atoms with van der Waals surface area (Å²) in [7, 11) is 0. The molecule has 4 N–H and O–H groups in total. The summed E-state index contributed by atoms with van der Waals surface area (Å²) < 4.78 is 0. The van der Waals surface area contributed by atoms with Crippen molar-refractivity contribution in [3.05, 3.63) is 41.9 Å². The van der Waals surface area contributed by atoms with Gasteiger partial charge in [0.1, 0.15) is 11.8 Å². The number of aliphatic hydroxyl groups excluding tert-OH is 1. The van der Waals surface area contributed by atoms with Gasteiger partial charge in [-0.25, -0.2) is 9.97 Å². The first-order chi connectivity index (χ1) is 13.1. The first kappa shape index (κ1) is 18.2. The van der Waals surface area contributed by atoms with Gasteiger partial charge >= 0.3 is 0 Å². The van der Waals surface area contributed by atoms with Gasteiger partial charge in [0, 0.05) is 42.6 Å². The molecule has 3 aromatic rings. The van der Waals surface area contributed by atoms with Crippen molar-refractivity contribution in [2.24, 2.45) is 5.92 Å². The Morgan fingerprint density at radius 3 is 2.85 bits per heavy atom. The molecular formula is C19H24N6OS. The SMILES string of the molecule is Cc1ccc(SC[C@H]2CN(CCc3[nH]nc4c(N)ncnc34)C[C@@H]2O)cc1. The molecule has 2 aromatic heterocycles. The minimum atomic E-state index is -0.278. The van der Waals surface area contributed by atoms with E-state index < -0.39 is 0 Å². The maximum absolute atomic E-state index is 10.4. The highest BCUT2D eigenvalue weighted by Crippen LogP contribution is 2.27. The molecule has 0 bridgehead atoms. The number of likely N-dealkylation sites (tertiary alicyclic amines) is 1. The van der Waals surface area contributed by atoms with Crippen molar-refractivity contribution >= 4 is 28.6 Å². The van der Waals surface area contributed by atoms with Crippen LogP contribution in [0, 0.1) is 12.8 Å². The van der Waals surface area contributed by atoms with Crippen LogP contribution in [-0.2, 0) is 6.42 Å². The molecule has 7 nitrogen and oxygen atoms in total. The zero-order valence-corrected chi connectivity index (χ0v) is 16.1. The van der Waals surface area contributed by atoms with Crippen LogP contribution in [-0.4, -0.2) is 61.7 Å². The van der Waals surface area contributed by atoms with Gasteiger partial charge in [-0.05, 0) is 19.1 Å². The number of aromatic amines is 1. The summed E-state index contributed by atoms with van der Waals surface area (Å²) >= 11 is 1.82. The minimum absolute atomic E-state index is 0.278. The second kappa shape index (κ2) is 7.84. The fraction of sp³-hybridized carbons (Fsp3) is 0.421. The van der Waals surface area contributed by atoms with E-state index in [-0.39, 0.29) is 12.0 Å². The van der Waals surface area contributed by atoms with Crippen molar-refractivity contribution in [2.45, 2.75) is 24.3 Å². The van der Waals surface area contributed by atoms with E-state index in [4.69, 9.17) is 5.73 Å². The molecule has 0 saturated carbocycles. The third-order valence-corrected chi connectivity index (χ3v) is 6.28. The fourth-order valence-electron chi connectivity index (χ4n) is 3.47. The van der Waals surface area contributed by atoms with Crippen molar-refractivity contribution < 1.29 is 5.11 Å². The second-order valence-corrected chi connectivity index (χ2v) is 8.21. The molecule has 1 fully saturated rings. The molecule has 142 valence electrons. The molecule has 3 heterocycles. The van der Waals surface area contributed by atoms with Crippen LogP contribution in [0.3, 0.4) is 0 Å². The molecule has 1 saturated heterocycles. The van der Waals surface area contributed by atoms with Gasteiger partial charge in [-0.15, -0.1) is 11.8 Å². The van der Waals surface area contributed by atoms with Gasteiger partial charge in [0.05, 0.1) is 11.8 Å². The highest BCUT2D eigenvalue weighted by molar-refractivity contribution is 7.99. The van der Waals surface area contributed by atoms with Gasteiger partial charge in [-0.2, -0.15) is 5.10 Å². The van der Waals surface area contributed by atoms with Crippen LogP contribution in [0.5, 0.6) is 0 Å². The zero-order valence-electron chi connectivity index (χ0n) is 15.3. The lowest BCUT2D eigenvalue weighted by Gasteiger charge is -2.15. The number of aromatic nitrogens is 4. The van der Waals surface area contributed by atoms with E-state index in [9.17, 15) is 5.11 Å². The van der Waals surface area contributed by atoms with E-state index in [0.717, 1.165) is 36.5 Å². The van der Waals surface area contributed by atoms with Crippen LogP contribution in [0.1, 0.15) is 11.3 Å². The third-order valence-electron chi connectivity index (χ3n) is 5.08. The standard InChI is InChI=1S/C19H24N6OS/c1-12-2-4-14(5-3-12)27-10-13-8-25(9-16(13)26)7-6-15-17-18(24-23-15)19(20)22-11-21-17/h2-5,11,13,16,26H,6-10H2,1H3,(H,23,24)(H2,20,21,22)/t13-,16+/m1/s1. The first-order valence-electron chi connectivity index (χ1n) is 9.13. The molecule has 0 amide bonds. The summed E-state index contributed by atoms with van der Waals surface area (Å²) in [5, 5.41) is 17.7. The number of nitrogens with one attached hydrogen (secondary N) is 1. The van der Waals surface area contributed by atoms with Crippen molar-refractivity contribution in [1.29, 1.82) is 0 Å². The molecule has 8 heteroatoms. The number of nitrogens with two attached hydrogens (primary N) is 1. The molecule has 1 aromatic carbocycles. The van der Waals surface area contributed by atoms with E-state index in [2.05, 4.69) is 56.3 Å². The average Bonchev–Trinajstić information content (AvgIpc) is 3.24. The van der Waals surface area contributed by atoms with Crippen LogP contribution >= 0.6 is 11.8 Å². The summed E-state index contributed by atoms with van der Waals surface area (Å²) in [6, 6.07) is 8.56. The van der Waals surface area contributed by atoms with Gasteiger partial charge in [-0.1, -0.05) is 17.7 Å². The Bertz CT molecular complexity index is 912. The number of fused-ring (bicyclic) bond motifs is 1. The number of aryl methyl sites for hydroxylation is 1. The molecule has 0 unspecified atom stereocenters. The number of β-amino-alcohol motifs (C(OH)–C–C–N with tert-alkyl or cyclic N) is 1. The van der Waals surface area contributed by atoms with Gasteiger partial charge in [0.15, 0.2) is 11.3 Å². The van der Waals surface area contributed by atoms with Gasteiger partial charge in [0.2, 0.25) is 0 Å². The zero-order chi connectivity index (χ0) is 18.8. The Morgan fingerprint density at radius 2 is 2.04 bits per heavy atom. The lowest BCUT2D eigenvalue weighted by Crippen LogP contribution is -2.24. The average molecular weight is 385 g/mol. The number of anilines is 1. The van der Waals surface area contributed by atoms with E-state index in [1.165, 1.54) is 16.8 Å². The summed E-state index contributed by atoms with van der Waals surface area (Å²) in [5.41, 5.74) is 9.48. The Morgan fingerprint density at radius 1 is 1.22 bits per heavy atom. The molecule has 0 radical (unpaired) electrons. The summed E-state index contributed by atoms with van der Waals surface area (Å²) in [6.07, 6.45) is 1.98. The van der Waals surface area contributed by atoms with Crippen LogP contribution < -0.4 is 5.73 Å². The van der Waals surface area contributed by atoms with Crippen molar-refractivity contribution in [3.8, 4) is 0 Å². The molecule has 0 spiro atoms. The molecule has 1 aliphatic heterocycles. The quantitative estimate of drug-likeness (QED) is 0.557. The summed E-state index contributed by atoms with van der Waals surface area (Å²) in [6.45, 7) is 4.56. The molecule has 27 heavy (non-hydrogen) atoms. The topological polar surface area (TPSA) is 104 Å². The normalized spacial score (nSPS) is 20.5. The largest absolute Gasteiger partial charge is 0.391 e. The number of rotatable bonds is 6. The van der Waals surface area contributed by atoms with Gasteiger partial charge in [0.25, 0.3) is 0 Å². The monoisotopic (exact) mass is 384 g/mol. The predicted octanol–water partition coefficient (Wildman–Crippen LogP) is 1.87. The Balaban J connectivity index is 1.31. The van der Waals surface area contributed by atoms with Crippen molar-refractivity contribution in [3.63, 3.8) is 0 Å². The first-order valence-corrected chi connectivity index (χ1v) is 10.1. The van der Waals surface area contributed by atoms with E-state index in [1.54, 1.807) is 0 Å². The van der Waals surface area contributed by atoms with Crippen molar-refractivity contribution in [2.75, 3.05) is 31.1 Å². The summed E-state index contributed by atoms with van der Waals surface area (Å²) in [4.78, 5) is 11.8. The maximum atomic E-state index is 10.4. The minimum Gasteiger partial charge on any atom is -0.391 e. The van der Waals surface area contributed by atoms with Crippen LogP contribution in [0.15, 0.2) is 35.5 Å². The van der Waals surface area contributed by atoms with Crippen molar-refractivity contribution in [1.82, 2.24) is 25.1 Å². The lowest BCUT2D eigenvalue weighted by atomic mass is 10.1. The number of thioether (sulfide) groups is 1. The number of nitrogen functional groups attached to an aromatic ring is 1. The van der Waals surface area contributed by atoms with Crippen LogP contribution in [0.25, 0.3) is 11.0 Å². The molecule has 0 aliphatic carbocycles. The lowest BCUT2D eigenvalue weighted by molar-refractivity contribution is 0.150. The highest BCUT2D eigenvalue weighted by Gasteiger charge is 2.31. The Kier molecular flexibility index (Phi) is 5.29. The smallest absolute Gasteiger partial charge is 0.155 e. The van der Waals surface area contributed by atoms with E-state index in [1.807, 2.05) is 11.8 Å². The van der Waals surface area contributed by atoms with Gasteiger partial charge in [-0.3, -0.25) is 10.00 Å². The molecule has 2 atom stereocenters. The predicted molar refractivity (Wildman–Crippen MR) is 108 cm³/mol. The Labute approximate surface area is 162 Å². The number of hydrogen-bond donors (Lipinski definition) is 3. The molecule has 4 rings (SSSR count). The van der Waals surface area contributed by atoms with E-state index >= 15 is 0 Å². The van der Waals surface area contributed by atoms with Gasteiger partial charge < -0.3 is 10.8 Å². The third kappa shape index (κ3) is 4.07. The molecular weight excluding hydrogens is 360 g/mol. The number of aliphatic hydroxyl groups is 1. The fourth-order valence-corrected chi connectivity index (χ4v) is 4.53. The maximum Gasteiger partial charge on any atom is 0.155 e. The second-order valence-electron chi connectivity index (χ2n) is 7.12. The van der Waals surface area contributed by atoms with E-state index in [0.29, 0.717) is 17.9 Å². The number of benzene rings is 1. The Hall–Kier alpha value is -2.16.